The van der Waals surface area contributed by atoms with Crippen LogP contribution >= 0.6 is 27.3 Å². The Labute approximate surface area is 195 Å². The number of aliphatic hydroxyl groups is 1. The molecule has 0 fully saturated rings. The summed E-state index contributed by atoms with van der Waals surface area (Å²) in [6, 6.07) is 15.5. The van der Waals surface area contributed by atoms with Crippen molar-refractivity contribution >= 4 is 54.3 Å². The lowest BCUT2D eigenvalue weighted by Crippen LogP contribution is -2.30. The highest BCUT2D eigenvalue weighted by atomic mass is 79.9. The van der Waals surface area contributed by atoms with Gasteiger partial charge in [0.2, 0.25) is 5.78 Å². The van der Waals surface area contributed by atoms with Gasteiger partial charge in [-0.3, -0.25) is 14.5 Å². The van der Waals surface area contributed by atoms with Crippen molar-refractivity contribution in [3.8, 4) is 0 Å². The van der Waals surface area contributed by atoms with Gasteiger partial charge in [0.25, 0.3) is 5.91 Å². The van der Waals surface area contributed by atoms with Crippen molar-refractivity contribution in [2.24, 2.45) is 0 Å². The van der Waals surface area contributed by atoms with E-state index in [-0.39, 0.29) is 11.3 Å². The lowest BCUT2D eigenvalue weighted by Gasteiger charge is -2.24. The summed E-state index contributed by atoms with van der Waals surface area (Å²) in [5.74, 6) is -1.73. The predicted octanol–water partition coefficient (Wildman–Crippen LogP) is 6.00. The molecule has 8 heteroatoms. The molecule has 3 heterocycles. The highest BCUT2D eigenvalue weighted by molar-refractivity contribution is 9.10. The number of carbonyl (C=O) groups excluding carboxylic acids is 2. The average molecular weight is 509 g/mol. The molecule has 0 aliphatic carbocycles. The number of furan rings is 1. The zero-order valence-corrected chi connectivity index (χ0v) is 19.3. The fourth-order valence-electron chi connectivity index (χ4n) is 3.82. The Bertz CT molecular complexity index is 1370. The van der Waals surface area contributed by atoms with E-state index in [1.165, 1.54) is 34.1 Å². The number of fused-ring (bicyclic) bond motifs is 1. The van der Waals surface area contributed by atoms with E-state index < -0.39 is 23.5 Å². The number of amides is 1. The van der Waals surface area contributed by atoms with Crippen molar-refractivity contribution in [3.63, 3.8) is 0 Å². The number of benzene rings is 2. The summed E-state index contributed by atoms with van der Waals surface area (Å²) in [5.41, 5.74) is 2.57. The largest absolute Gasteiger partial charge is 0.503 e. The second kappa shape index (κ2) is 8.03. The summed E-state index contributed by atoms with van der Waals surface area (Å²) >= 11 is 4.77. The topological polar surface area (TPSA) is 83.6 Å². The first-order chi connectivity index (χ1) is 15.5. The van der Waals surface area contributed by atoms with Gasteiger partial charge in [-0.15, -0.1) is 0 Å². The molecule has 6 nitrogen and oxygen atoms in total. The number of aliphatic hydroxyl groups excluding tert-OH is 1. The zero-order valence-electron chi connectivity index (χ0n) is 16.9. The van der Waals surface area contributed by atoms with Crippen molar-refractivity contribution in [1.29, 1.82) is 0 Å². The maximum absolute atomic E-state index is 13.2. The Morgan fingerprint density at radius 2 is 2.00 bits per heavy atom. The fourth-order valence-corrected chi connectivity index (χ4v) is 5.14. The Kier molecular flexibility index (Phi) is 5.19. The van der Waals surface area contributed by atoms with E-state index in [4.69, 9.17) is 4.42 Å². The Balaban J connectivity index is 1.67. The molecule has 32 heavy (non-hydrogen) atoms. The number of Topliss-reactive ketones (excluding diaryl/α,β-unsaturated/α-hetero) is 1. The number of aromatic nitrogens is 1. The molecule has 1 aliphatic heterocycles. The van der Waals surface area contributed by atoms with Crippen LogP contribution < -0.4 is 4.90 Å². The van der Waals surface area contributed by atoms with Crippen molar-refractivity contribution in [3.05, 3.63) is 93.6 Å². The minimum Gasteiger partial charge on any atom is -0.503 e. The summed E-state index contributed by atoms with van der Waals surface area (Å²) in [7, 11) is 0. The van der Waals surface area contributed by atoms with Gasteiger partial charge in [0.1, 0.15) is 0 Å². The third-order valence-corrected chi connectivity index (χ3v) is 6.99. The number of aryl methyl sites for hydroxylation is 1. The third kappa shape index (κ3) is 3.36. The monoisotopic (exact) mass is 508 g/mol. The van der Waals surface area contributed by atoms with E-state index in [0.717, 1.165) is 21.1 Å². The second-order valence-corrected chi connectivity index (χ2v) is 9.27. The maximum atomic E-state index is 13.2. The standard InChI is InChI=1S/C24H17BrN2O4S/c1-2-13-5-10-16-18(12-13)32-24(26-16)27-20(14-6-8-15(25)9-7-14)19(22(29)23(27)30)21(28)17-4-3-11-31-17/h3-12,20,29H,2H2,1H3. The highest BCUT2D eigenvalue weighted by Crippen LogP contribution is 2.44. The summed E-state index contributed by atoms with van der Waals surface area (Å²) in [4.78, 5) is 32.5. The molecular weight excluding hydrogens is 492 g/mol. The highest BCUT2D eigenvalue weighted by Gasteiger charge is 2.46. The van der Waals surface area contributed by atoms with E-state index in [0.29, 0.717) is 10.7 Å². The molecule has 2 aromatic carbocycles. The Morgan fingerprint density at radius 1 is 1.22 bits per heavy atom. The van der Waals surface area contributed by atoms with E-state index in [9.17, 15) is 14.7 Å². The van der Waals surface area contributed by atoms with E-state index in [1.54, 1.807) is 6.07 Å². The van der Waals surface area contributed by atoms with Crippen LogP contribution in [0.3, 0.4) is 0 Å². The number of anilines is 1. The van der Waals surface area contributed by atoms with Crippen LogP contribution in [0, 0.1) is 0 Å². The molecule has 1 amide bonds. The fraction of sp³-hybridized carbons (Fsp3) is 0.125. The molecular formula is C24H17BrN2O4S. The van der Waals surface area contributed by atoms with Crippen LogP contribution in [0.1, 0.15) is 34.6 Å². The number of ketones is 1. The molecule has 0 saturated carbocycles. The lowest BCUT2D eigenvalue weighted by atomic mass is 9.95. The molecule has 1 unspecified atom stereocenters. The van der Waals surface area contributed by atoms with Crippen LogP contribution in [0.4, 0.5) is 5.13 Å². The van der Waals surface area contributed by atoms with Crippen molar-refractivity contribution < 1.29 is 19.1 Å². The van der Waals surface area contributed by atoms with Crippen LogP contribution in [0.5, 0.6) is 0 Å². The van der Waals surface area contributed by atoms with E-state index >= 15 is 0 Å². The van der Waals surface area contributed by atoms with E-state index in [1.807, 2.05) is 42.5 Å². The number of hydrogen-bond acceptors (Lipinski definition) is 6. The number of thiazole rings is 1. The van der Waals surface area contributed by atoms with Gasteiger partial charge >= 0.3 is 0 Å². The van der Waals surface area contributed by atoms with Crippen LogP contribution in [-0.4, -0.2) is 21.8 Å². The second-order valence-electron chi connectivity index (χ2n) is 7.35. The molecule has 0 saturated heterocycles. The molecule has 4 aromatic rings. The smallest absolute Gasteiger partial charge is 0.296 e. The SMILES string of the molecule is CCc1ccc2nc(N3C(=O)C(O)=C(C(=O)c4ccco4)C3c3ccc(Br)cc3)sc2c1. The van der Waals surface area contributed by atoms with Gasteiger partial charge in [-0.05, 0) is 53.9 Å². The average Bonchev–Trinajstić information content (AvgIpc) is 3.52. The summed E-state index contributed by atoms with van der Waals surface area (Å²) < 4.78 is 7.06. The first-order valence-corrected chi connectivity index (χ1v) is 11.6. The zero-order chi connectivity index (χ0) is 22.4. The van der Waals surface area contributed by atoms with Crippen molar-refractivity contribution in [2.45, 2.75) is 19.4 Å². The maximum Gasteiger partial charge on any atom is 0.296 e. The quantitative estimate of drug-likeness (QED) is 0.334. The van der Waals surface area contributed by atoms with Crippen molar-refractivity contribution in [1.82, 2.24) is 4.98 Å². The molecule has 0 bridgehead atoms. The van der Waals surface area contributed by atoms with Crippen LogP contribution in [0.2, 0.25) is 0 Å². The first kappa shape index (κ1) is 20.7. The van der Waals surface area contributed by atoms with E-state index in [2.05, 4.69) is 27.8 Å². The van der Waals surface area contributed by atoms with Crippen LogP contribution in [0.15, 0.2) is 81.1 Å². The summed E-state index contributed by atoms with van der Waals surface area (Å²) in [6.45, 7) is 2.07. The molecule has 0 spiro atoms. The molecule has 1 N–H and O–H groups in total. The Morgan fingerprint density at radius 3 is 2.69 bits per heavy atom. The van der Waals surface area contributed by atoms with Gasteiger partial charge in [-0.25, -0.2) is 4.98 Å². The molecule has 160 valence electrons. The molecule has 5 rings (SSSR count). The summed E-state index contributed by atoms with van der Waals surface area (Å²) in [6.07, 6.45) is 2.27. The Hall–Kier alpha value is -3.23. The number of carbonyl (C=O) groups is 2. The minimum atomic E-state index is -0.834. The molecule has 2 aromatic heterocycles. The number of hydrogen-bond donors (Lipinski definition) is 1. The molecule has 1 atom stereocenters. The van der Waals surface area contributed by atoms with Gasteiger partial charge in [0, 0.05) is 4.47 Å². The molecule has 1 aliphatic rings. The lowest BCUT2D eigenvalue weighted by molar-refractivity contribution is -0.117. The van der Waals surface area contributed by atoms with Crippen LogP contribution in [-0.2, 0) is 11.2 Å². The van der Waals surface area contributed by atoms with Gasteiger partial charge in [0.05, 0.1) is 28.1 Å². The first-order valence-electron chi connectivity index (χ1n) is 9.97. The number of rotatable bonds is 5. The predicted molar refractivity (Wildman–Crippen MR) is 126 cm³/mol. The van der Waals surface area contributed by atoms with Gasteiger partial charge in [0.15, 0.2) is 16.7 Å². The normalized spacial score (nSPS) is 16.4. The van der Waals surface area contributed by atoms with Crippen molar-refractivity contribution in [2.75, 3.05) is 4.90 Å². The van der Waals surface area contributed by atoms with Gasteiger partial charge in [-0.1, -0.05) is 52.4 Å². The molecule has 0 radical (unpaired) electrons. The third-order valence-electron chi connectivity index (χ3n) is 5.44. The summed E-state index contributed by atoms with van der Waals surface area (Å²) in [5, 5.41) is 11.2. The number of nitrogens with zero attached hydrogens (tertiary/aromatic N) is 2. The van der Waals surface area contributed by atoms with Gasteiger partial charge in [-0.2, -0.15) is 0 Å². The minimum absolute atomic E-state index is 0.0271. The van der Waals surface area contributed by atoms with Crippen LogP contribution in [0.25, 0.3) is 10.2 Å². The number of halogens is 1. The van der Waals surface area contributed by atoms with Gasteiger partial charge < -0.3 is 9.52 Å².